The largest absolute Gasteiger partial charge is 0.466 e. The van der Waals surface area contributed by atoms with E-state index >= 15 is 0 Å². The fourth-order valence-corrected chi connectivity index (χ4v) is 1.38. The molecule has 0 fully saturated rings. The summed E-state index contributed by atoms with van der Waals surface area (Å²) in [4.78, 5) is 11.1. The minimum atomic E-state index is -1.28. The fourth-order valence-electron chi connectivity index (χ4n) is 1.38. The fraction of sp³-hybridized carbons (Fsp3) is 0.333. The van der Waals surface area contributed by atoms with Gasteiger partial charge in [-0.2, -0.15) is 0 Å². The van der Waals surface area contributed by atoms with E-state index in [0.29, 0.717) is 12.1 Å². The number of ether oxygens (including phenoxy) is 1. The van der Waals surface area contributed by atoms with E-state index in [4.69, 9.17) is 5.41 Å². The molecule has 0 aliphatic carbocycles. The third-order valence-electron chi connectivity index (χ3n) is 2.16. The molecule has 1 N–H and O–H groups in total. The zero-order valence-corrected chi connectivity index (χ0v) is 9.73. The third-order valence-corrected chi connectivity index (χ3v) is 2.16. The van der Waals surface area contributed by atoms with Crippen molar-refractivity contribution in [2.45, 2.75) is 19.8 Å². The van der Waals surface area contributed by atoms with Gasteiger partial charge in [-0.3, -0.25) is 4.79 Å². The Bertz CT molecular complexity index is 475. The van der Waals surface area contributed by atoms with Gasteiger partial charge < -0.3 is 10.1 Å². The predicted octanol–water partition coefficient (Wildman–Crippen LogP) is 2.62. The van der Waals surface area contributed by atoms with Crippen LogP contribution in [0.4, 0.5) is 13.2 Å². The maximum absolute atomic E-state index is 13.3. The Morgan fingerprint density at radius 2 is 1.83 bits per heavy atom. The quantitative estimate of drug-likeness (QED) is 0.502. The number of nitrogens with one attached hydrogen (secondary N) is 1. The number of carbonyl (C=O) groups excluding carboxylic acids is 1. The molecule has 0 aliphatic rings. The summed E-state index contributed by atoms with van der Waals surface area (Å²) in [7, 11) is 0. The van der Waals surface area contributed by atoms with Crippen LogP contribution in [0.2, 0.25) is 0 Å². The van der Waals surface area contributed by atoms with E-state index in [1.165, 1.54) is 0 Å². The lowest BCUT2D eigenvalue weighted by molar-refractivity contribution is -0.141. The molecular formula is C12H12F3NO2. The minimum absolute atomic E-state index is 0.127. The van der Waals surface area contributed by atoms with Crippen molar-refractivity contribution in [3.8, 4) is 0 Å². The van der Waals surface area contributed by atoms with Crippen LogP contribution in [0.15, 0.2) is 12.1 Å². The molecule has 0 saturated heterocycles. The van der Waals surface area contributed by atoms with Crippen molar-refractivity contribution in [1.29, 1.82) is 5.41 Å². The molecule has 0 bridgehead atoms. The molecule has 18 heavy (non-hydrogen) atoms. The molecule has 0 aromatic heterocycles. The normalized spacial score (nSPS) is 10.2. The van der Waals surface area contributed by atoms with Crippen LogP contribution in [0.1, 0.15) is 18.9 Å². The maximum Gasteiger partial charge on any atom is 0.311 e. The average molecular weight is 259 g/mol. The van der Waals surface area contributed by atoms with Gasteiger partial charge >= 0.3 is 5.97 Å². The molecule has 0 radical (unpaired) electrons. The number of carbonyl (C=O) groups is 1. The Labute approximate surface area is 102 Å². The molecule has 0 unspecified atom stereocenters. The summed E-state index contributed by atoms with van der Waals surface area (Å²) < 4.78 is 43.4. The van der Waals surface area contributed by atoms with Crippen molar-refractivity contribution in [3.05, 3.63) is 35.1 Å². The number of benzene rings is 1. The van der Waals surface area contributed by atoms with Crippen LogP contribution < -0.4 is 0 Å². The van der Waals surface area contributed by atoms with Gasteiger partial charge in [-0.05, 0) is 18.6 Å². The van der Waals surface area contributed by atoms with Crippen LogP contribution >= 0.6 is 0 Å². The van der Waals surface area contributed by atoms with E-state index in [9.17, 15) is 18.0 Å². The highest BCUT2D eigenvalue weighted by atomic mass is 19.2. The van der Waals surface area contributed by atoms with Crippen molar-refractivity contribution in [3.63, 3.8) is 0 Å². The van der Waals surface area contributed by atoms with Gasteiger partial charge in [0, 0.05) is 18.2 Å². The number of esters is 1. The summed E-state index contributed by atoms with van der Waals surface area (Å²) in [6.45, 7) is 1.81. The van der Waals surface area contributed by atoms with Crippen molar-refractivity contribution >= 4 is 11.7 Å². The lowest BCUT2D eigenvalue weighted by atomic mass is 10.1. The van der Waals surface area contributed by atoms with Gasteiger partial charge in [0.15, 0.2) is 11.6 Å². The highest BCUT2D eigenvalue weighted by Gasteiger charge is 2.13. The van der Waals surface area contributed by atoms with Gasteiger partial charge in [0.25, 0.3) is 0 Å². The molecule has 0 saturated carbocycles. The summed E-state index contributed by atoms with van der Waals surface area (Å²) in [6.07, 6.45) is -0.561. The molecule has 0 aliphatic heterocycles. The van der Waals surface area contributed by atoms with Crippen molar-refractivity contribution < 1.29 is 22.7 Å². The molecule has 0 atom stereocenters. The summed E-state index contributed by atoms with van der Waals surface area (Å²) in [5.74, 6) is -4.02. The Morgan fingerprint density at radius 1 is 1.22 bits per heavy atom. The Kier molecular flexibility index (Phi) is 4.88. The number of rotatable bonds is 5. The monoisotopic (exact) mass is 259 g/mol. The highest BCUT2D eigenvalue weighted by molar-refractivity contribution is 5.98. The second kappa shape index (κ2) is 6.18. The summed E-state index contributed by atoms with van der Waals surface area (Å²) in [6, 6.07) is 1.10. The predicted molar refractivity (Wildman–Crippen MR) is 59.0 cm³/mol. The van der Waals surface area contributed by atoms with Crippen LogP contribution in [0.25, 0.3) is 0 Å². The first-order chi connectivity index (χ1) is 8.43. The zero-order chi connectivity index (χ0) is 13.7. The minimum Gasteiger partial charge on any atom is -0.466 e. The first-order valence-electron chi connectivity index (χ1n) is 5.29. The van der Waals surface area contributed by atoms with Crippen LogP contribution in [0.3, 0.4) is 0 Å². The summed E-state index contributed by atoms with van der Waals surface area (Å²) in [5.41, 5.74) is -0.290. The Hall–Kier alpha value is -1.85. The molecule has 6 heteroatoms. The summed E-state index contributed by atoms with van der Waals surface area (Å²) >= 11 is 0. The first kappa shape index (κ1) is 14.2. The second-order valence-electron chi connectivity index (χ2n) is 3.62. The number of halogens is 3. The molecule has 0 spiro atoms. The standard InChI is InChI=1S/C12H12F3NO2/c1-2-18-12(17)5-8(16)3-7-4-10(14)11(15)6-9(7)13/h4,6,16H,2-3,5H2,1H3. The molecule has 1 aromatic carbocycles. The molecule has 0 heterocycles. The molecule has 0 amide bonds. The van der Waals surface area contributed by atoms with Crippen LogP contribution in [0.5, 0.6) is 0 Å². The Morgan fingerprint density at radius 3 is 2.44 bits per heavy atom. The second-order valence-corrected chi connectivity index (χ2v) is 3.62. The van der Waals surface area contributed by atoms with Gasteiger partial charge in [0.05, 0.1) is 13.0 Å². The number of hydrogen-bond acceptors (Lipinski definition) is 3. The molecule has 3 nitrogen and oxygen atoms in total. The van der Waals surface area contributed by atoms with E-state index in [2.05, 4.69) is 4.74 Å². The van der Waals surface area contributed by atoms with Gasteiger partial charge in [0.2, 0.25) is 0 Å². The summed E-state index contributed by atoms with van der Waals surface area (Å²) in [5, 5.41) is 7.47. The van der Waals surface area contributed by atoms with Crippen molar-refractivity contribution in [2.75, 3.05) is 6.61 Å². The van der Waals surface area contributed by atoms with Gasteiger partial charge in [-0.25, -0.2) is 13.2 Å². The van der Waals surface area contributed by atoms with Crippen molar-refractivity contribution in [2.24, 2.45) is 0 Å². The van der Waals surface area contributed by atoms with E-state index in [0.717, 1.165) is 0 Å². The maximum atomic E-state index is 13.3. The van der Waals surface area contributed by atoms with Crippen LogP contribution in [-0.2, 0) is 16.0 Å². The van der Waals surface area contributed by atoms with E-state index in [-0.39, 0.29) is 30.7 Å². The lowest BCUT2D eigenvalue weighted by Gasteiger charge is -2.06. The first-order valence-corrected chi connectivity index (χ1v) is 5.29. The van der Waals surface area contributed by atoms with Gasteiger partial charge in [-0.15, -0.1) is 0 Å². The number of hydrogen-bond donors (Lipinski definition) is 1. The molecule has 1 rings (SSSR count). The van der Waals surface area contributed by atoms with Crippen LogP contribution in [-0.4, -0.2) is 18.3 Å². The Balaban J connectivity index is 2.70. The molecule has 1 aromatic rings. The lowest BCUT2D eigenvalue weighted by Crippen LogP contribution is -2.13. The molecular weight excluding hydrogens is 247 g/mol. The van der Waals surface area contributed by atoms with E-state index in [1.54, 1.807) is 6.92 Å². The van der Waals surface area contributed by atoms with E-state index in [1.807, 2.05) is 0 Å². The van der Waals surface area contributed by atoms with Gasteiger partial charge in [0.1, 0.15) is 5.82 Å². The van der Waals surface area contributed by atoms with E-state index < -0.39 is 23.4 Å². The van der Waals surface area contributed by atoms with Crippen molar-refractivity contribution in [1.82, 2.24) is 0 Å². The third kappa shape index (κ3) is 3.87. The zero-order valence-electron chi connectivity index (χ0n) is 9.73. The molecule has 98 valence electrons. The smallest absolute Gasteiger partial charge is 0.311 e. The highest BCUT2D eigenvalue weighted by Crippen LogP contribution is 2.15. The average Bonchev–Trinajstić information content (AvgIpc) is 2.26. The SMILES string of the molecule is CCOC(=O)CC(=N)Cc1cc(F)c(F)cc1F. The van der Waals surface area contributed by atoms with Crippen LogP contribution in [0, 0.1) is 22.9 Å². The van der Waals surface area contributed by atoms with Gasteiger partial charge in [-0.1, -0.05) is 0 Å². The topological polar surface area (TPSA) is 50.2 Å².